The number of pyridine rings is 1. The van der Waals surface area contributed by atoms with Crippen molar-refractivity contribution in [3.05, 3.63) is 54.4 Å². The van der Waals surface area contributed by atoms with Gasteiger partial charge in [-0.25, -0.2) is 0 Å². The van der Waals surface area contributed by atoms with Gasteiger partial charge in [0.25, 0.3) is 5.91 Å². The zero-order chi connectivity index (χ0) is 17.1. The van der Waals surface area contributed by atoms with E-state index in [-0.39, 0.29) is 17.9 Å². The lowest BCUT2D eigenvalue weighted by molar-refractivity contribution is -0.130. The van der Waals surface area contributed by atoms with Gasteiger partial charge < -0.3 is 10.2 Å². The maximum Gasteiger partial charge on any atom is 0.253 e. The molecule has 1 N–H and O–H groups in total. The number of aromatic nitrogens is 1. The van der Waals surface area contributed by atoms with Crippen LogP contribution in [0.3, 0.4) is 0 Å². The minimum atomic E-state index is -0.444. The summed E-state index contributed by atoms with van der Waals surface area (Å²) in [6.45, 7) is 4.65. The number of nitrogens with zero attached hydrogens (tertiary/aromatic N) is 2. The lowest BCUT2D eigenvalue weighted by Crippen LogP contribution is -2.43. The molecule has 1 aliphatic rings. The average molecular weight is 323 g/mol. The second-order valence-electron chi connectivity index (χ2n) is 6.27. The van der Waals surface area contributed by atoms with Gasteiger partial charge >= 0.3 is 0 Å². The Labute approximate surface area is 141 Å². The summed E-state index contributed by atoms with van der Waals surface area (Å²) in [5.41, 5.74) is 2.35. The van der Waals surface area contributed by atoms with Crippen molar-refractivity contribution in [1.82, 2.24) is 15.2 Å². The van der Waals surface area contributed by atoms with Crippen molar-refractivity contribution in [3.63, 3.8) is 0 Å². The Balaban J connectivity index is 1.73. The monoisotopic (exact) mass is 323 g/mol. The molecule has 1 unspecified atom stereocenters. The van der Waals surface area contributed by atoms with Gasteiger partial charge in [0.2, 0.25) is 5.91 Å². The highest BCUT2D eigenvalue weighted by Crippen LogP contribution is 2.19. The summed E-state index contributed by atoms with van der Waals surface area (Å²) in [5, 5.41) is 2.84. The molecule has 5 heteroatoms. The third-order valence-corrected chi connectivity index (χ3v) is 4.28. The van der Waals surface area contributed by atoms with E-state index in [1.54, 1.807) is 17.2 Å². The summed E-state index contributed by atoms with van der Waals surface area (Å²) in [6, 6.07) is 11.3. The second kappa shape index (κ2) is 6.83. The van der Waals surface area contributed by atoms with E-state index in [0.29, 0.717) is 18.5 Å². The number of likely N-dealkylation sites (tertiary alicyclic amines) is 1. The van der Waals surface area contributed by atoms with Gasteiger partial charge in [0.1, 0.15) is 6.04 Å². The summed E-state index contributed by atoms with van der Waals surface area (Å²) in [5.74, 6) is -0.269. The van der Waals surface area contributed by atoms with Crippen molar-refractivity contribution in [3.8, 4) is 11.1 Å². The molecule has 1 atom stereocenters. The zero-order valence-corrected chi connectivity index (χ0v) is 13.9. The minimum absolute atomic E-state index is 0.00877. The van der Waals surface area contributed by atoms with Crippen molar-refractivity contribution >= 4 is 11.8 Å². The summed E-state index contributed by atoms with van der Waals surface area (Å²) >= 11 is 0. The molecular formula is C19H21N3O2. The number of carbonyl (C=O) groups excluding carboxylic acids is 2. The highest BCUT2D eigenvalue weighted by molar-refractivity contribution is 5.98. The summed E-state index contributed by atoms with van der Waals surface area (Å²) in [4.78, 5) is 30.7. The molecule has 0 spiro atoms. The van der Waals surface area contributed by atoms with Gasteiger partial charge in [0.15, 0.2) is 0 Å². The van der Waals surface area contributed by atoms with Crippen LogP contribution in [-0.4, -0.2) is 40.3 Å². The van der Waals surface area contributed by atoms with Crippen LogP contribution in [-0.2, 0) is 4.79 Å². The van der Waals surface area contributed by atoms with Crippen LogP contribution in [0.2, 0.25) is 0 Å². The first kappa shape index (κ1) is 16.2. The lowest BCUT2D eigenvalue weighted by Gasteiger charge is -2.21. The Morgan fingerprint density at radius 3 is 2.62 bits per heavy atom. The van der Waals surface area contributed by atoms with E-state index in [2.05, 4.69) is 10.3 Å². The Morgan fingerprint density at radius 2 is 1.96 bits per heavy atom. The molecule has 1 aromatic carbocycles. The SMILES string of the molecule is CC(C)N1CCC(NC(=O)c2cncc(-c3ccccc3)c2)C1=O. The molecule has 0 aliphatic carbocycles. The maximum atomic E-state index is 12.5. The first-order valence-corrected chi connectivity index (χ1v) is 8.18. The molecule has 1 fully saturated rings. The molecule has 2 amide bonds. The predicted molar refractivity (Wildman–Crippen MR) is 92.4 cm³/mol. The highest BCUT2D eigenvalue weighted by Gasteiger charge is 2.34. The smallest absolute Gasteiger partial charge is 0.253 e. The third-order valence-electron chi connectivity index (χ3n) is 4.28. The van der Waals surface area contributed by atoms with Crippen LogP contribution < -0.4 is 5.32 Å². The fourth-order valence-corrected chi connectivity index (χ4v) is 2.94. The predicted octanol–water partition coefficient (Wildman–Crippen LogP) is 2.49. The van der Waals surface area contributed by atoms with Gasteiger partial charge in [-0.2, -0.15) is 0 Å². The number of benzene rings is 1. The first-order chi connectivity index (χ1) is 11.6. The fraction of sp³-hybridized carbons (Fsp3) is 0.316. The minimum Gasteiger partial charge on any atom is -0.340 e. The molecule has 24 heavy (non-hydrogen) atoms. The molecule has 1 aliphatic heterocycles. The number of hydrogen-bond donors (Lipinski definition) is 1. The number of rotatable bonds is 4. The highest BCUT2D eigenvalue weighted by atomic mass is 16.2. The molecule has 5 nitrogen and oxygen atoms in total. The van der Waals surface area contributed by atoms with Gasteiger partial charge in [-0.3, -0.25) is 14.6 Å². The molecule has 0 bridgehead atoms. The van der Waals surface area contributed by atoms with Crippen LogP contribution in [0.1, 0.15) is 30.6 Å². The number of hydrogen-bond acceptors (Lipinski definition) is 3. The van der Waals surface area contributed by atoms with Crippen molar-refractivity contribution in [2.45, 2.75) is 32.4 Å². The molecule has 2 heterocycles. The molecule has 0 radical (unpaired) electrons. The molecule has 124 valence electrons. The molecule has 2 aromatic rings. The molecule has 1 aromatic heterocycles. The van der Waals surface area contributed by atoms with Crippen LogP contribution in [0.5, 0.6) is 0 Å². The van der Waals surface area contributed by atoms with E-state index in [1.807, 2.05) is 44.2 Å². The fourth-order valence-electron chi connectivity index (χ4n) is 2.94. The number of nitrogens with one attached hydrogen (secondary N) is 1. The van der Waals surface area contributed by atoms with Crippen molar-refractivity contribution in [2.24, 2.45) is 0 Å². The second-order valence-corrected chi connectivity index (χ2v) is 6.27. The average Bonchev–Trinajstić information content (AvgIpc) is 2.96. The van der Waals surface area contributed by atoms with Gasteiger partial charge in [0, 0.05) is 30.5 Å². The normalized spacial score (nSPS) is 17.4. The largest absolute Gasteiger partial charge is 0.340 e. The lowest BCUT2D eigenvalue weighted by atomic mass is 10.1. The zero-order valence-electron chi connectivity index (χ0n) is 13.9. The van der Waals surface area contributed by atoms with Crippen molar-refractivity contribution in [1.29, 1.82) is 0 Å². The van der Waals surface area contributed by atoms with Crippen LogP contribution >= 0.6 is 0 Å². The first-order valence-electron chi connectivity index (χ1n) is 8.18. The van der Waals surface area contributed by atoms with E-state index in [0.717, 1.165) is 11.1 Å². The van der Waals surface area contributed by atoms with Gasteiger partial charge in [-0.1, -0.05) is 30.3 Å². The molecular weight excluding hydrogens is 302 g/mol. The Morgan fingerprint density at radius 1 is 1.21 bits per heavy atom. The van der Waals surface area contributed by atoms with Gasteiger partial charge in [-0.15, -0.1) is 0 Å². The third kappa shape index (κ3) is 3.30. The van der Waals surface area contributed by atoms with E-state index in [1.165, 1.54) is 6.20 Å². The van der Waals surface area contributed by atoms with E-state index >= 15 is 0 Å². The topological polar surface area (TPSA) is 62.3 Å². The van der Waals surface area contributed by atoms with Gasteiger partial charge in [0.05, 0.1) is 5.56 Å². The number of amides is 2. The van der Waals surface area contributed by atoms with Crippen molar-refractivity contribution < 1.29 is 9.59 Å². The van der Waals surface area contributed by atoms with E-state index in [9.17, 15) is 9.59 Å². The standard InChI is InChI=1S/C19H21N3O2/c1-13(2)22-9-8-17(19(22)24)21-18(23)16-10-15(11-20-12-16)14-6-4-3-5-7-14/h3-7,10-13,17H,8-9H2,1-2H3,(H,21,23). The number of carbonyl (C=O) groups is 2. The van der Waals surface area contributed by atoms with E-state index < -0.39 is 6.04 Å². The summed E-state index contributed by atoms with van der Waals surface area (Å²) < 4.78 is 0. The van der Waals surface area contributed by atoms with Crippen LogP contribution in [0.15, 0.2) is 48.8 Å². The Hall–Kier alpha value is -2.69. The quantitative estimate of drug-likeness (QED) is 0.940. The molecule has 1 saturated heterocycles. The Kier molecular flexibility index (Phi) is 4.60. The molecule has 3 rings (SSSR count). The van der Waals surface area contributed by atoms with Crippen molar-refractivity contribution in [2.75, 3.05) is 6.54 Å². The molecule has 0 saturated carbocycles. The van der Waals surface area contributed by atoms with Crippen LogP contribution in [0.4, 0.5) is 0 Å². The van der Waals surface area contributed by atoms with Crippen LogP contribution in [0, 0.1) is 0 Å². The summed E-state index contributed by atoms with van der Waals surface area (Å²) in [6.07, 6.45) is 3.91. The maximum absolute atomic E-state index is 12.5. The Bertz CT molecular complexity index is 743. The van der Waals surface area contributed by atoms with Gasteiger partial charge in [-0.05, 0) is 31.9 Å². The summed E-state index contributed by atoms with van der Waals surface area (Å²) in [7, 11) is 0. The van der Waals surface area contributed by atoms with E-state index in [4.69, 9.17) is 0 Å². The van der Waals surface area contributed by atoms with Crippen LogP contribution in [0.25, 0.3) is 11.1 Å².